The normalized spacial score (nSPS) is 19.5. The van der Waals surface area contributed by atoms with E-state index in [-0.39, 0.29) is 5.54 Å². The van der Waals surface area contributed by atoms with Gasteiger partial charge in [0.2, 0.25) is 0 Å². The van der Waals surface area contributed by atoms with Crippen LogP contribution in [0.2, 0.25) is 0 Å². The molecule has 120 valence electrons. The Morgan fingerprint density at radius 1 is 1.00 bits per heavy atom. The molecule has 0 saturated carbocycles. The van der Waals surface area contributed by atoms with Gasteiger partial charge in [-0.15, -0.1) is 0 Å². The molecule has 2 nitrogen and oxygen atoms in total. The van der Waals surface area contributed by atoms with E-state index in [1.807, 2.05) is 0 Å². The van der Waals surface area contributed by atoms with Crippen LogP contribution in [0.1, 0.15) is 73.6 Å². The molecule has 0 spiro atoms. The standard InChI is InChI=1S/C18H38N2/c1-17(2,3)11-8-16-9-14-20(15-10-16)13-7-12-19-18(4,5)6/h16,19H,7-15H2,1-6H3. The van der Waals surface area contributed by atoms with Gasteiger partial charge in [-0.1, -0.05) is 20.8 Å². The van der Waals surface area contributed by atoms with Gasteiger partial charge in [0.05, 0.1) is 0 Å². The van der Waals surface area contributed by atoms with E-state index in [0.717, 1.165) is 12.5 Å². The van der Waals surface area contributed by atoms with Crippen molar-refractivity contribution in [3.63, 3.8) is 0 Å². The third-order valence-corrected chi connectivity index (χ3v) is 4.32. The number of likely N-dealkylation sites (tertiary alicyclic amines) is 1. The molecule has 0 unspecified atom stereocenters. The van der Waals surface area contributed by atoms with Crippen molar-refractivity contribution in [3.8, 4) is 0 Å². The molecule has 1 aliphatic rings. The summed E-state index contributed by atoms with van der Waals surface area (Å²) in [7, 11) is 0. The van der Waals surface area contributed by atoms with Gasteiger partial charge in [0.25, 0.3) is 0 Å². The van der Waals surface area contributed by atoms with E-state index in [2.05, 4.69) is 51.8 Å². The molecule has 1 N–H and O–H groups in total. The largest absolute Gasteiger partial charge is 0.312 e. The van der Waals surface area contributed by atoms with E-state index in [4.69, 9.17) is 0 Å². The molecule has 20 heavy (non-hydrogen) atoms. The second kappa shape index (κ2) is 7.79. The molecule has 0 aromatic carbocycles. The Morgan fingerprint density at radius 3 is 2.10 bits per heavy atom. The Hall–Kier alpha value is -0.0800. The Bertz CT molecular complexity index is 252. The van der Waals surface area contributed by atoms with Gasteiger partial charge >= 0.3 is 0 Å². The zero-order chi connectivity index (χ0) is 15.2. The van der Waals surface area contributed by atoms with E-state index < -0.39 is 0 Å². The van der Waals surface area contributed by atoms with Crippen molar-refractivity contribution in [3.05, 3.63) is 0 Å². The second-order valence-corrected chi connectivity index (χ2v) is 8.91. The van der Waals surface area contributed by atoms with Crippen LogP contribution in [0, 0.1) is 11.3 Å². The maximum atomic E-state index is 3.58. The molecule has 2 heteroatoms. The monoisotopic (exact) mass is 282 g/mol. The highest BCUT2D eigenvalue weighted by Gasteiger charge is 2.21. The van der Waals surface area contributed by atoms with Crippen LogP contribution >= 0.6 is 0 Å². The Morgan fingerprint density at radius 2 is 1.60 bits per heavy atom. The molecule has 0 bridgehead atoms. The quantitative estimate of drug-likeness (QED) is 0.731. The SMILES string of the molecule is CC(C)(C)CCC1CCN(CCCNC(C)(C)C)CC1. The molecular formula is C18H38N2. The summed E-state index contributed by atoms with van der Waals surface area (Å²) >= 11 is 0. The van der Waals surface area contributed by atoms with Crippen molar-refractivity contribution in [2.24, 2.45) is 11.3 Å². The number of hydrogen-bond acceptors (Lipinski definition) is 2. The number of piperidine rings is 1. The van der Waals surface area contributed by atoms with Gasteiger partial charge < -0.3 is 10.2 Å². The molecule has 1 heterocycles. The van der Waals surface area contributed by atoms with Gasteiger partial charge in [-0.3, -0.25) is 0 Å². The van der Waals surface area contributed by atoms with Crippen molar-refractivity contribution >= 4 is 0 Å². The summed E-state index contributed by atoms with van der Waals surface area (Å²) in [5.41, 5.74) is 0.774. The molecule has 0 atom stereocenters. The summed E-state index contributed by atoms with van der Waals surface area (Å²) in [4.78, 5) is 2.66. The van der Waals surface area contributed by atoms with Gasteiger partial charge in [-0.2, -0.15) is 0 Å². The predicted molar refractivity (Wildman–Crippen MR) is 90.2 cm³/mol. The Labute approximate surface area is 127 Å². The fraction of sp³-hybridized carbons (Fsp3) is 1.00. The number of nitrogens with zero attached hydrogens (tertiary/aromatic N) is 1. The van der Waals surface area contributed by atoms with Crippen molar-refractivity contribution in [1.82, 2.24) is 10.2 Å². The van der Waals surface area contributed by atoms with Gasteiger partial charge in [-0.05, 0) is 90.4 Å². The molecule has 0 aromatic rings. The van der Waals surface area contributed by atoms with E-state index in [0.29, 0.717) is 5.41 Å². The summed E-state index contributed by atoms with van der Waals surface area (Å²) in [5, 5.41) is 3.58. The summed E-state index contributed by atoms with van der Waals surface area (Å²) in [6.45, 7) is 18.9. The van der Waals surface area contributed by atoms with Crippen molar-refractivity contribution in [1.29, 1.82) is 0 Å². The van der Waals surface area contributed by atoms with Gasteiger partial charge in [0.15, 0.2) is 0 Å². The molecular weight excluding hydrogens is 244 g/mol. The highest BCUT2D eigenvalue weighted by atomic mass is 15.1. The minimum atomic E-state index is 0.264. The van der Waals surface area contributed by atoms with Crippen LogP contribution in [0.25, 0.3) is 0 Å². The van der Waals surface area contributed by atoms with Crippen molar-refractivity contribution in [2.45, 2.75) is 79.2 Å². The van der Waals surface area contributed by atoms with E-state index in [1.54, 1.807) is 0 Å². The third-order valence-electron chi connectivity index (χ3n) is 4.32. The lowest BCUT2D eigenvalue weighted by atomic mass is 9.83. The topological polar surface area (TPSA) is 15.3 Å². The summed E-state index contributed by atoms with van der Waals surface area (Å²) < 4.78 is 0. The zero-order valence-corrected chi connectivity index (χ0v) is 14.9. The van der Waals surface area contributed by atoms with E-state index in [1.165, 1.54) is 51.7 Å². The lowest BCUT2D eigenvalue weighted by Gasteiger charge is -2.33. The first-order valence-electron chi connectivity index (χ1n) is 8.63. The van der Waals surface area contributed by atoms with Gasteiger partial charge in [0.1, 0.15) is 0 Å². The van der Waals surface area contributed by atoms with Crippen LogP contribution in [0.3, 0.4) is 0 Å². The lowest BCUT2D eigenvalue weighted by Crippen LogP contribution is -2.39. The molecule has 1 rings (SSSR count). The molecule has 1 fully saturated rings. The van der Waals surface area contributed by atoms with E-state index >= 15 is 0 Å². The fourth-order valence-electron chi connectivity index (χ4n) is 2.90. The number of rotatable bonds is 6. The van der Waals surface area contributed by atoms with Crippen LogP contribution in [0.4, 0.5) is 0 Å². The highest BCUT2D eigenvalue weighted by molar-refractivity contribution is 4.75. The molecule has 1 saturated heterocycles. The molecule has 0 aromatic heterocycles. The first kappa shape index (κ1) is 18.0. The summed E-state index contributed by atoms with van der Waals surface area (Å²) in [6, 6.07) is 0. The second-order valence-electron chi connectivity index (χ2n) is 8.91. The maximum Gasteiger partial charge on any atom is 0.00965 e. The van der Waals surface area contributed by atoms with Crippen molar-refractivity contribution < 1.29 is 0 Å². The molecule has 1 aliphatic heterocycles. The first-order valence-corrected chi connectivity index (χ1v) is 8.63. The minimum Gasteiger partial charge on any atom is -0.312 e. The maximum absolute atomic E-state index is 3.58. The smallest absolute Gasteiger partial charge is 0.00965 e. The lowest BCUT2D eigenvalue weighted by molar-refractivity contribution is 0.166. The van der Waals surface area contributed by atoms with E-state index in [9.17, 15) is 0 Å². The predicted octanol–water partition coefficient (Wildman–Crippen LogP) is 4.30. The highest BCUT2D eigenvalue weighted by Crippen LogP contribution is 2.28. The minimum absolute atomic E-state index is 0.264. The average molecular weight is 283 g/mol. The summed E-state index contributed by atoms with van der Waals surface area (Å²) in [6.07, 6.45) is 6.94. The molecule has 0 amide bonds. The average Bonchev–Trinajstić information content (AvgIpc) is 2.31. The number of hydrogen-bond donors (Lipinski definition) is 1. The Balaban J connectivity index is 2.07. The molecule has 0 aliphatic carbocycles. The van der Waals surface area contributed by atoms with Gasteiger partial charge in [-0.25, -0.2) is 0 Å². The zero-order valence-electron chi connectivity index (χ0n) is 14.9. The van der Waals surface area contributed by atoms with Crippen LogP contribution in [-0.4, -0.2) is 36.6 Å². The van der Waals surface area contributed by atoms with Gasteiger partial charge in [0, 0.05) is 5.54 Å². The van der Waals surface area contributed by atoms with Crippen LogP contribution in [0.5, 0.6) is 0 Å². The summed E-state index contributed by atoms with van der Waals surface area (Å²) in [5.74, 6) is 0.984. The van der Waals surface area contributed by atoms with Crippen LogP contribution in [0.15, 0.2) is 0 Å². The van der Waals surface area contributed by atoms with Crippen LogP contribution < -0.4 is 5.32 Å². The fourth-order valence-corrected chi connectivity index (χ4v) is 2.90. The molecule has 0 radical (unpaired) electrons. The Kier molecular flexibility index (Phi) is 7.00. The third kappa shape index (κ3) is 8.97. The first-order chi connectivity index (χ1) is 9.16. The number of nitrogens with one attached hydrogen (secondary N) is 1. The van der Waals surface area contributed by atoms with Crippen molar-refractivity contribution in [2.75, 3.05) is 26.2 Å². The van der Waals surface area contributed by atoms with Crippen LogP contribution in [-0.2, 0) is 0 Å².